The molecule has 0 saturated carbocycles. The molecule has 0 bridgehead atoms. The van der Waals surface area contributed by atoms with Crippen LogP contribution < -0.4 is 14.8 Å². The fourth-order valence-corrected chi connectivity index (χ4v) is 2.30. The second-order valence-corrected chi connectivity index (χ2v) is 5.07. The van der Waals surface area contributed by atoms with Crippen molar-refractivity contribution in [3.05, 3.63) is 41.3 Å². The largest absolute Gasteiger partial charge is 0.497 e. The minimum atomic E-state index is 0.619. The maximum Gasteiger partial charge on any atom is 0.133 e. The van der Waals surface area contributed by atoms with Gasteiger partial charge >= 0.3 is 0 Å². The lowest BCUT2D eigenvalue weighted by atomic mass is 10.1. The van der Waals surface area contributed by atoms with Crippen molar-refractivity contribution in [2.24, 2.45) is 0 Å². The molecule has 2 rings (SSSR count). The van der Waals surface area contributed by atoms with Crippen LogP contribution in [0.1, 0.15) is 30.3 Å². The lowest BCUT2D eigenvalue weighted by molar-refractivity contribution is 0.399. The quantitative estimate of drug-likeness (QED) is 0.849. The van der Waals surface area contributed by atoms with E-state index in [-0.39, 0.29) is 0 Å². The van der Waals surface area contributed by atoms with E-state index < -0.39 is 0 Å². The predicted molar refractivity (Wildman–Crippen MR) is 87.6 cm³/mol. The van der Waals surface area contributed by atoms with E-state index in [0.717, 1.165) is 47.1 Å². The summed E-state index contributed by atoms with van der Waals surface area (Å²) in [7, 11) is 3.33. The van der Waals surface area contributed by atoms with Gasteiger partial charge in [-0.05, 0) is 31.5 Å². The smallest absolute Gasteiger partial charge is 0.133 e. The minimum Gasteiger partial charge on any atom is -0.497 e. The van der Waals surface area contributed by atoms with Crippen LogP contribution in [0.5, 0.6) is 11.5 Å². The van der Waals surface area contributed by atoms with Crippen LogP contribution in [0.3, 0.4) is 0 Å². The van der Waals surface area contributed by atoms with E-state index in [1.165, 1.54) is 0 Å². The third-order valence-corrected chi connectivity index (χ3v) is 3.44. The molecule has 5 nitrogen and oxygen atoms in total. The van der Waals surface area contributed by atoms with E-state index in [9.17, 15) is 0 Å². The monoisotopic (exact) mass is 301 g/mol. The second-order valence-electron chi connectivity index (χ2n) is 5.07. The van der Waals surface area contributed by atoms with Crippen molar-refractivity contribution in [2.75, 3.05) is 19.5 Å². The molecule has 0 saturated heterocycles. The Labute approximate surface area is 131 Å². The Balaban J connectivity index is 2.20. The van der Waals surface area contributed by atoms with Gasteiger partial charge in [-0.3, -0.25) is 0 Å². The van der Waals surface area contributed by atoms with Gasteiger partial charge in [-0.15, -0.1) is 0 Å². The first-order chi connectivity index (χ1) is 10.7. The van der Waals surface area contributed by atoms with Gasteiger partial charge in [-0.1, -0.05) is 13.3 Å². The van der Waals surface area contributed by atoms with Gasteiger partial charge in [0.2, 0.25) is 0 Å². The molecule has 22 heavy (non-hydrogen) atoms. The molecule has 0 aliphatic heterocycles. The van der Waals surface area contributed by atoms with Gasteiger partial charge in [0.1, 0.15) is 23.1 Å². The molecule has 0 aliphatic rings. The average molecular weight is 301 g/mol. The summed E-state index contributed by atoms with van der Waals surface area (Å²) in [5.74, 6) is 3.29. The molecule has 1 heterocycles. The van der Waals surface area contributed by atoms with Crippen molar-refractivity contribution >= 4 is 5.82 Å². The minimum absolute atomic E-state index is 0.619. The van der Waals surface area contributed by atoms with Crippen LogP contribution in [0.2, 0.25) is 0 Å². The standard InChI is InChI=1S/C17H23N3O2/c1-5-6-13-10-18-12(2)20-17(13)19-11-14-9-15(21-3)7-8-16(14)22-4/h7-10H,5-6,11H2,1-4H3,(H,18,19,20). The van der Waals surface area contributed by atoms with Crippen molar-refractivity contribution < 1.29 is 9.47 Å². The lowest BCUT2D eigenvalue weighted by Crippen LogP contribution is -2.08. The highest BCUT2D eigenvalue weighted by Gasteiger charge is 2.08. The number of aryl methyl sites for hydroxylation is 2. The maximum atomic E-state index is 5.41. The second kappa shape index (κ2) is 7.64. The summed E-state index contributed by atoms with van der Waals surface area (Å²) in [4.78, 5) is 8.79. The number of ether oxygens (including phenoxy) is 2. The number of benzene rings is 1. The highest BCUT2D eigenvalue weighted by atomic mass is 16.5. The summed E-state index contributed by atoms with van der Waals surface area (Å²) >= 11 is 0. The molecule has 0 radical (unpaired) electrons. The Morgan fingerprint density at radius 3 is 2.64 bits per heavy atom. The zero-order chi connectivity index (χ0) is 15.9. The molecule has 0 aliphatic carbocycles. The molecule has 0 unspecified atom stereocenters. The van der Waals surface area contributed by atoms with Gasteiger partial charge < -0.3 is 14.8 Å². The summed E-state index contributed by atoms with van der Waals surface area (Å²) in [5.41, 5.74) is 2.16. The molecular weight excluding hydrogens is 278 g/mol. The predicted octanol–water partition coefficient (Wildman–Crippen LogP) is 3.37. The molecule has 0 spiro atoms. The van der Waals surface area contributed by atoms with E-state index >= 15 is 0 Å². The first-order valence-corrected chi connectivity index (χ1v) is 7.45. The lowest BCUT2D eigenvalue weighted by Gasteiger charge is -2.14. The van der Waals surface area contributed by atoms with Crippen LogP contribution >= 0.6 is 0 Å². The molecule has 2 aromatic rings. The fourth-order valence-electron chi connectivity index (χ4n) is 2.30. The van der Waals surface area contributed by atoms with Crippen molar-refractivity contribution in [2.45, 2.75) is 33.2 Å². The van der Waals surface area contributed by atoms with Crippen molar-refractivity contribution in [1.82, 2.24) is 9.97 Å². The summed E-state index contributed by atoms with van der Waals surface area (Å²) < 4.78 is 10.7. The molecule has 0 amide bonds. The molecule has 1 aromatic heterocycles. The van der Waals surface area contributed by atoms with Crippen LogP contribution in [-0.4, -0.2) is 24.2 Å². The van der Waals surface area contributed by atoms with Gasteiger partial charge in [0, 0.05) is 23.9 Å². The summed E-state index contributed by atoms with van der Waals surface area (Å²) in [6, 6.07) is 5.77. The number of nitrogens with zero attached hydrogens (tertiary/aromatic N) is 2. The third-order valence-electron chi connectivity index (χ3n) is 3.44. The van der Waals surface area contributed by atoms with Gasteiger partial charge in [0.05, 0.1) is 14.2 Å². The molecule has 5 heteroatoms. The van der Waals surface area contributed by atoms with Gasteiger partial charge in [0.25, 0.3) is 0 Å². The first-order valence-electron chi connectivity index (χ1n) is 7.45. The number of hydrogen-bond acceptors (Lipinski definition) is 5. The van der Waals surface area contributed by atoms with Crippen LogP contribution in [0, 0.1) is 6.92 Å². The van der Waals surface area contributed by atoms with Crippen LogP contribution in [-0.2, 0) is 13.0 Å². The van der Waals surface area contributed by atoms with Crippen LogP contribution in [0.25, 0.3) is 0 Å². The molecular formula is C17H23N3O2. The highest BCUT2D eigenvalue weighted by molar-refractivity contribution is 5.47. The first kappa shape index (κ1) is 16.1. The number of aromatic nitrogens is 2. The molecule has 0 fully saturated rings. The summed E-state index contributed by atoms with van der Waals surface area (Å²) in [5, 5.41) is 3.39. The van der Waals surface area contributed by atoms with Crippen molar-refractivity contribution in [3.8, 4) is 11.5 Å². The van der Waals surface area contributed by atoms with Crippen molar-refractivity contribution in [1.29, 1.82) is 0 Å². The van der Waals surface area contributed by atoms with Gasteiger partial charge in [0.15, 0.2) is 0 Å². The van der Waals surface area contributed by atoms with E-state index in [2.05, 4.69) is 22.2 Å². The Kier molecular flexibility index (Phi) is 5.58. The summed E-state index contributed by atoms with van der Waals surface area (Å²) in [6.45, 7) is 4.66. The number of nitrogens with one attached hydrogen (secondary N) is 1. The molecule has 118 valence electrons. The van der Waals surface area contributed by atoms with Gasteiger partial charge in [-0.25, -0.2) is 9.97 Å². The maximum absolute atomic E-state index is 5.41. The van der Waals surface area contributed by atoms with Crippen molar-refractivity contribution in [3.63, 3.8) is 0 Å². The Morgan fingerprint density at radius 2 is 1.95 bits per heavy atom. The number of methoxy groups -OCH3 is 2. The topological polar surface area (TPSA) is 56.3 Å². The SMILES string of the molecule is CCCc1cnc(C)nc1NCc1cc(OC)ccc1OC. The van der Waals surface area contributed by atoms with Crippen LogP contribution in [0.4, 0.5) is 5.82 Å². The van der Waals surface area contributed by atoms with E-state index in [1.807, 2.05) is 31.3 Å². The number of hydrogen-bond donors (Lipinski definition) is 1. The molecule has 1 aromatic carbocycles. The van der Waals surface area contributed by atoms with E-state index in [1.54, 1.807) is 14.2 Å². The van der Waals surface area contributed by atoms with E-state index in [0.29, 0.717) is 6.54 Å². The highest BCUT2D eigenvalue weighted by Crippen LogP contribution is 2.25. The number of rotatable bonds is 7. The average Bonchev–Trinajstić information content (AvgIpc) is 2.54. The normalized spacial score (nSPS) is 10.4. The molecule has 0 atom stereocenters. The zero-order valence-corrected chi connectivity index (χ0v) is 13.6. The van der Waals surface area contributed by atoms with Crippen LogP contribution in [0.15, 0.2) is 24.4 Å². The molecule has 1 N–H and O–H groups in total. The zero-order valence-electron chi connectivity index (χ0n) is 13.6. The fraction of sp³-hybridized carbons (Fsp3) is 0.412. The van der Waals surface area contributed by atoms with Gasteiger partial charge in [-0.2, -0.15) is 0 Å². The Bertz CT molecular complexity index is 629. The third kappa shape index (κ3) is 3.87. The van der Waals surface area contributed by atoms with E-state index in [4.69, 9.17) is 9.47 Å². The summed E-state index contributed by atoms with van der Waals surface area (Å²) in [6.07, 6.45) is 3.92. The Morgan fingerprint density at radius 1 is 1.14 bits per heavy atom. The number of anilines is 1. The Hall–Kier alpha value is -2.30.